The third-order valence-electron chi connectivity index (χ3n) is 6.75. The summed E-state index contributed by atoms with van der Waals surface area (Å²) in [5, 5.41) is 15.4. The van der Waals surface area contributed by atoms with Crippen molar-refractivity contribution in [3.63, 3.8) is 0 Å². The van der Waals surface area contributed by atoms with Crippen LogP contribution >= 0.6 is 0 Å². The Morgan fingerprint density at radius 3 is 2.83 bits per heavy atom. The highest BCUT2D eigenvalue weighted by molar-refractivity contribution is 6.00. The lowest BCUT2D eigenvalue weighted by atomic mass is 9.62. The second-order valence-electron chi connectivity index (χ2n) is 9.14. The van der Waals surface area contributed by atoms with Gasteiger partial charge in [0.15, 0.2) is 6.17 Å². The second kappa shape index (κ2) is 6.94. The van der Waals surface area contributed by atoms with Gasteiger partial charge in [0.2, 0.25) is 0 Å². The van der Waals surface area contributed by atoms with Gasteiger partial charge in [0.25, 0.3) is 5.91 Å². The molecule has 4 aliphatic rings. The number of morpholine rings is 1. The lowest BCUT2D eigenvalue weighted by Gasteiger charge is -2.48. The van der Waals surface area contributed by atoms with Crippen LogP contribution < -0.4 is 15.5 Å². The number of amides is 1. The lowest BCUT2D eigenvalue weighted by molar-refractivity contribution is -0.120. The molecule has 0 bridgehead atoms. The zero-order valence-corrected chi connectivity index (χ0v) is 17.9. The predicted molar refractivity (Wildman–Crippen MR) is 115 cm³/mol. The van der Waals surface area contributed by atoms with Crippen LogP contribution in [0.15, 0.2) is 57.5 Å². The molecule has 1 amide bonds. The smallest absolute Gasteiger partial charge is 0.250 e. The number of ether oxygens (including phenoxy) is 1. The maximum atomic E-state index is 13.4. The van der Waals surface area contributed by atoms with Crippen LogP contribution in [0.25, 0.3) is 0 Å². The maximum absolute atomic E-state index is 13.4. The zero-order valence-electron chi connectivity index (χ0n) is 17.9. The summed E-state index contributed by atoms with van der Waals surface area (Å²) in [7, 11) is 0. The molecule has 7 heteroatoms. The Kier molecular flexibility index (Phi) is 4.47. The van der Waals surface area contributed by atoms with E-state index in [1.807, 2.05) is 6.20 Å². The van der Waals surface area contributed by atoms with E-state index in [2.05, 4.69) is 70.8 Å². The van der Waals surface area contributed by atoms with Gasteiger partial charge in [-0.15, -0.1) is 0 Å². The molecule has 4 heterocycles. The molecule has 7 nitrogen and oxygen atoms in total. The minimum absolute atomic E-state index is 0.00127. The van der Waals surface area contributed by atoms with E-state index in [-0.39, 0.29) is 17.6 Å². The van der Waals surface area contributed by atoms with Gasteiger partial charge in [-0.2, -0.15) is 10.2 Å². The van der Waals surface area contributed by atoms with Crippen molar-refractivity contribution in [2.24, 2.45) is 10.2 Å². The summed E-state index contributed by atoms with van der Waals surface area (Å²) in [6.45, 7) is 9.51. The van der Waals surface area contributed by atoms with Crippen molar-refractivity contribution >= 4 is 11.6 Å². The zero-order chi connectivity index (χ0) is 20.9. The first kappa shape index (κ1) is 19.3. The molecular formula is C23H29N5O2. The molecule has 0 spiro atoms. The molecule has 1 fully saturated rings. The first-order chi connectivity index (χ1) is 14.4. The molecule has 158 valence electrons. The molecule has 5 rings (SSSR count). The summed E-state index contributed by atoms with van der Waals surface area (Å²) >= 11 is 0. The second-order valence-corrected chi connectivity index (χ2v) is 9.14. The standard InChI is InChI=1S/C23H29N5O2/c1-4-23(15-6-5-7-16(12-15)28-8-10-30-11-9-28)17-14-24-27-20(17)25-18-13-22(2,3)26-21(29)19(18)23/h5-7,12,14,20,25H,4,8-11,13H2,1-3H3,(H,26,29). The molecule has 1 aromatic rings. The number of fused-ring (bicyclic) bond motifs is 1. The Hall–Kier alpha value is -2.67. The maximum Gasteiger partial charge on any atom is 0.250 e. The van der Waals surface area contributed by atoms with E-state index in [4.69, 9.17) is 4.74 Å². The number of anilines is 1. The van der Waals surface area contributed by atoms with Gasteiger partial charge >= 0.3 is 0 Å². The quantitative estimate of drug-likeness (QED) is 0.807. The number of benzene rings is 1. The van der Waals surface area contributed by atoms with Crippen LogP contribution in [0.3, 0.4) is 0 Å². The van der Waals surface area contributed by atoms with Crippen molar-refractivity contribution in [1.82, 2.24) is 10.6 Å². The molecule has 30 heavy (non-hydrogen) atoms. The van der Waals surface area contributed by atoms with E-state index < -0.39 is 5.41 Å². The van der Waals surface area contributed by atoms with Gasteiger partial charge < -0.3 is 20.3 Å². The lowest BCUT2D eigenvalue weighted by Crippen LogP contribution is -2.58. The van der Waals surface area contributed by atoms with Crippen LogP contribution in [0.5, 0.6) is 0 Å². The molecule has 0 aliphatic carbocycles. The van der Waals surface area contributed by atoms with Crippen LogP contribution in [0.1, 0.15) is 39.2 Å². The Labute approximate surface area is 177 Å². The van der Waals surface area contributed by atoms with Gasteiger partial charge in [0.1, 0.15) is 0 Å². The number of hydrogen-bond acceptors (Lipinski definition) is 6. The fraction of sp³-hybridized carbons (Fsp3) is 0.522. The molecular weight excluding hydrogens is 378 g/mol. The Morgan fingerprint density at radius 2 is 2.07 bits per heavy atom. The van der Waals surface area contributed by atoms with E-state index in [1.165, 1.54) is 5.69 Å². The van der Waals surface area contributed by atoms with Crippen LogP contribution in [0, 0.1) is 0 Å². The molecule has 0 radical (unpaired) electrons. The molecule has 0 saturated carbocycles. The molecule has 2 unspecified atom stereocenters. The molecule has 4 aliphatic heterocycles. The average molecular weight is 408 g/mol. The van der Waals surface area contributed by atoms with Crippen LogP contribution in [-0.2, 0) is 14.9 Å². The van der Waals surface area contributed by atoms with Crippen molar-refractivity contribution in [3.05, 3.63) is 52.9 Å². The van der Waals surface area contributed by atoms with E-state index >= 15 is 0 Å². The first-order valence-electron chi connectivity index (χ1n) is 10.8. The van der Waals surface area contributed by atoms with Gasteiger partial charge in [0.05, 0.1) is 30.4 Å². The number of rotatable bonds is 3. The summed E-state index contributed by atoms with van der Waals surface area (Å²) in [5.74, 6) is -0.00127. The minimum atomic E-state index is -0.544. The number of hydrogen-bond donors (Lipinski definition) is 2. The predicted octanol–water partition coefficient (Wildman–Crippen LogP) is 3.00. The van der Waals surface area contributed by atoms with Crippen molar-refractivity contribution in [2.75, 3.05) is 31.2 Å². The van der Waals surface area contributed by atoms with Crippen molar-refractivity contribution in [3.8, 4) is 0 Å². The van der Waals surface area contributed by atoms with E-state index in [9.17, 15) is 4.79 Å². The minimum Gasteiger partial charge on any atom is -0.378 e. The largest absolute Gasteiger partial charge is 0.378 e. The molecule has 1 saturated heterocycles. The third kappa shape index (κ3) is 2.87. The molecule has 2 atom stereocenters. The number of carbonyl (C=O) groups is 1. The number of azo groups is 1. The van der Waals surface area contributed by atoms with Crippen molar-refractivity contribution in [1.29, 1.82) is 0 Å². The van der Waals surface area contributed by atoms with Gasteiger partial charge in [-0.05, 0) is 38.0 Å². The normalized spacial score (nSPS) is 29.7. The Bertz CT molecular complexity index is 974. The number of carbonyl (C=O) groups excluding carboxylic acids is 1. The van der Waals surface area contributed by atoms with Gasteiger partial charge in [-0.1, -0.05) is 19.1 Å². The van der Waals surface area contributed by atoms with Crippen molar-refractivity contribution < 1.29 is 9.53 Å². The highest BCUT2D eigenvalue weighted by atomic mass is 16.5. The number of nitrogens with zero attached hydrogens (tertiary/aromatic N) is 3. The number of nitrogens with one attached hydrogen (secondary N) is 2. The fourth-order valence-electron chi connectivity index (χ4n) is 5.40. The summed E-state index contributed by atoms with van der Waals surface area (Å²) in [4.78, 5) is 15.8. The van der Waals surface area contributed by atoms with Gasteiger partial charge in [-0.25, -0.2) is 0 Å². The SMILES string of the molecule is CCC1(c2cccc(N3CCOCC3)c2)C2=CN=NC2NC2=C1C(=O)NC(C)(C)C2. The topological polar surface area (TPSA) is 78.3 Å². The van der Waals surface area contributed by atoms with E-state index in [0.29, 0.717) is 0 Å². The Balaban J connectivity index is 1.68. The van der Waals surface area contributed by atoms with Gasteiger partial charge in [-0.3, -0.25) is 4.79 Å². The Morgan fingerprint density at radius 1 is 1.27 bits per heavy atom. The highest BCUT2D eigenvalue weighted by Gasteiger charge is 2.53. The fourth-order valence-corrected chi connectivity index (χ4v) is 5.40. The van der Waals surface area contributed by atoms with E-state index in [0.717, 1.165) is 61.6 Å². The summed E-state index contributed by atoms with van der Waals surface area (Å²) in [6, 6.07) is 8.64. The highest BCUT2D eigenvalue weighted by Crippen LogP contribution is 2.51. The molecule has 0 aromatic heterocycles. The van der Waals surface area contributed by atoms with E-state index in [1.54, 1.807) is 0 Å². The van der Waals surface area contributed by atoms with Crippen LogP contribution in [0.4, 0.5) is 5.69 Å². The van der Waals surface area contributed by atoms with Gasteiger partial charge in [0, 0.05) is 42.0 Å². The summed E-state index contributed by atoms with van der Waals surface area (Å²) < 4.78 is 5.53. The molecule has 2 N–H and O–H groups in total. The van der Waals surface area contributed by atoms with Crippen molar-refractivity contribution in [2.45, 2.75) is 50.7 Å². The average Bonchev–Trinajstić information content (AvgIpc) is 3.21. The molecule has 1 aromatic carbocycles. The summed E-state index contributed by atoms with van der Waals surface area (Å²) in [5.41, 5.74) is 4.32. The third-order valence-corrected chi connectivity index (χ3v) is 6.75. The summed E-state index contributed by atoms with van der Waals surface area (Å²) in [6.07, 6.45) is 3.15. The van der Waals surface area contributed by atoms with Crippen LogP contribution in [-0.4, -0.2) is 43.9 Å². The monoisotopic (exact) mass is 407 g/mol. The van der Waals surface area contributed by atoms with Crippen LogP contribution in [0.2, 0.25) is 0 Å². The first-order valence-corrected chi connectivity index (χ1v) is 10.8.